The van der Waals surface area contributed by atoms with E-state index < -0.39 is 5.97 Å². The number of hydrogen-bond donors (Lipinski definition) is 2. The van der Waals surface area contributed by atoms with Crippen molar-refractivity contribution in [3.8, 4) is 0 Å². The van der Waals surface area contributed by atoms with Crippen LogP contribution in [0.25, 0.3) is 0 Å². The number of carbonyl (C=O) groups is 2. The van der Waals surface area contributed by atoms with Crippen molar-refractivity contribution in [3.63, 3.8) is 0 Å². The summed E-state index contributed by atoms with van der Waals surface area (Å²) in [6, 6.07) is 0. The highest BCUT2D eigenvalue weighted by Crippen LogP contribution is 2.16. The van der Waals surface area contributed by atoms with E-state index in [1.165, 1.54) is 0 Å². The molecule has 0 saturated heterocycles. The lowest BCUT2D eigenvalue weighted by Gasteiger charge is -2.08. The zero-order chi connectivity index (χ0) is 13.5. The zero-order valence-corrected chi connectivity index (χ0v) is 11.2. The van der Waals surface area contributed by atoms with Crippen molar-refractivity contribution >= 4 is 23.6 Å². The second kappa shape index (κ2) is 7.00. The molecule has 0 fully saturated rings. The van der Waals surface area contributed by atoms with Crippen LogP contribution in [0.5, 0.6) is 0 Å². The molecule has 1 heterocycles. The van der Waals surface area contributed by atoms with Gasteiger partial charge in [-0.05, 0) is 6.92 Å². The van der Waals surface area contributed by atoms with Crippen LogP contribution in [0.15, 0.2) is 5.16 Å². The summed E-state index contributed by atoms with van der Waals surface area (Å²) >= 11 is 1.06. The molecule has 0 aromatic carbocycles. The Morgan fingerprint density at radius 3 is 2.67 bits per heavy atom. The molecule has 1 amide bonds. The Hall–Kier alpha value is -1.57. The van der Waals surface area contributed by atoms with E-state index in [1.807, 2.05) is 13.8 Å². The minimum Gasteiger partial charge on any atom is -0.481 e. The van der Waals surface area contributed by atoms with E-state index in [9.17, 15) is 9.59 Å². The summed E-state index contributed by atoms with van der Waals surface area (Å²) in [6.07, 6.45) is 0.639. The molecule has 0 aliphatic heterocycles. The number of nitrogens with one attached hydrogen (secondary N) is 1. The maximum absolute atomic E-state index is 11.6. The number of aromatic nitrogens is 3. The summed E-state index contributed by atoms with van der Waals surface area (Å²) in [5.41, 5.74) is 0. The maximum Gasteiger partial charge on any atom is 0.313 e. The molecule has 0 aliphatic rings. The average Bonchev–Trinajstić information content (AvgIpc) is 2.69. The summed E-state index contributed by atoms with van der Waals surface area (Å²) in [5.74, 6) is -0.485. The molecule has 0 spiro atoms. The van der Waals surface area contributed by atoms with Gasteiger partial charge in [-0.1, -0.05) is 18.7 Å². The number of likely N-dealkylation sites (N-methyl/N-ethyl adjacent to an activating group) is 1. The lowest BCUT2D eigenvalue weighted by atomic mass is 10.4. The zero-order valence-electron chi connectivity index (χ0n) is 10.3. The van der Waals surface area contributed by atoms with Crippen LogP contribution in [-0.4, -0.2) is 44.0 Å². The molecule has 1 aromatic heterocycles. The number of carboxylic acid groups (broad SMARTS) is 1. The second-order valence-corrected chi connectivity index (χ2v) is 4.42. The van der Waals surface area contributed by atoms with E-state index in [2.05, 4.69) is 15.5 Å². The molecule has 2 N–H and O–H groups in total. The number of thioether (sulfide) groups is 1. The lowest BCUT2D eigenvalue weighted by molar-refractivity contribution is -0.133. The predicted molar refractivity (Wildman–Crippen MR) is 66.4 cm³/mol. The fourth-order valence-corrected chi connectivity index (χ4v) is 2.05. The molecule has 8 heteroatoms. The first-order valence-electron chi connectivity index (χ1n) is 5.61. The Labute approximate surface area is 109 Å². The first-order chi connectivity index (χ1) is 8.58. The van der Waals surface area contributed by atoms with Crippen molar-refractivity contribution < 1.29 is 14.7 Å². The van der Waals surface area contributed by atoms with Gasteiger partial charge in [0.2, 0.25) is 5.91 Å². The molecule has 100 valence electrons. The first kappa shape index (κ1) is 14.5. The van der Waals surface area contributed by atoms with Crippen molar-refractivity contribution in [2.45, 2.75) is 32.0 Å². The molecular weight excluding hydrogens is 256 g/mol. The Kier molecular flexibility index (Phi) is 5.63. The van der Waals surface area contributed by atoms with Gasteiger partial charge in [0.1, 0.15) is 12.4 Å². The van der Waals surface area contributed by atoms with Crippen molar-refractivity contribution in [3.05, 3.63) is 5.82 Å². The summed E-state index contributed by atoms with van der Waals surface area (Å²) in [5, 5.41) is 19.6. The molecule has 0 radical (unpaired) electrons. The third kappa shape index (κ3) is 4.02. The summed E-state index contributed by atoms with van der Waals surface area (Å²) in [7, 11) is 0. The quantitative estimate of drug-likeness (QED) is 0.686. The van der Waals surface area contributed by atoms with E-state index in [1.54, 1.807) is 4.57 Å². The Morgan fingerprint density at radius 1 is 1.39 bits per heavy atom. The normalized spacial score (nSPS) is 10.3. The molecule has 7 nitrogen and oxygen atoms in total. The van der Waals surface area contributed by atoms with Gasteiger partial charge in [0.05, 0.1) is 5.75 Å². The summed E-state index contributed by atoms with van der Waals surface area (Å²) in [4.78, 5) is 22.1. The molecule has 1 aromatic rings. The van der Waals surface area contributed by atoms with Gasteiger partial charge < -0.3 is 10.4 Å². The highest BCUT2D eigenvalue weighted by Gasteiger charge is 2.15. The molecule has 0 atom stereocenters. The van der Waals surface area contributed by atoms with Gasteiger partial charge in [0.15, 0.2) is 5.16 Å². The van der Waals surface area contributed by atoms with Crippen LogP contribution in [0.2, 0.25) is 0 Å². The SMILES string of the molecule is CCNC(=O)Cn1c(CC)nnc1SCC(=O)O. The van der Waals surface area contributed by atoms with Crippen molar-refractivity contribution in [2.75, 3.05) is 12.3 Å². The smallest absolute Gasteiger partial charge is 0.313 e. The monoisotopic (exact) mass is 272 g/mol. The van der Waals surface area contributed by atoms with Gasteiger partial charge in [0.25, 0.3) is 0 Å². The van der Waals surface area contributed by atoms with Gasteiger partial charge >= 0.3 is 5.97 Å². The second-order valence-electron chi connectivity index (χ2n) is 3.47. The van der Waals surface area contributed by atoms with E-state index in [0.29, 0.717) is 23.9 Å². The van der Waals surface area contributed by atoms with Crippen LogP contribution in [0.1, 0.15) is 19.7 Å². The van der Waals surface area contributed by atoms with E-state index in [4.69, 9.17) is 5.11 Å². The van der Waals surface area contributed by atoms with Crippen LogP contribution >= 0.6 is 11.8 Å². The number of carbonyl (C=O) groups excluding carboxylic acids is 1. The number of carboxylic acids is 1. The van der Waals surface area contributed by atoms with Gasteiger partial charge in [-0.2, -0.15) is 0 Å². The first-order valence-corrected chi connectivity index (χ1v) is 6.60. The number of nitrogens with zero attached hydrogens (tertiary/aromatic N) is 3. The third-order valence-corrected chi connectivity index (χ3v) is 3.06. The minimum atomic E-state index is -0.925. The van der Waals surface area contributed by atoms with Crippen LogP contribution in [0, 0.1) is 0 Å². The molecule has 0 unspecified atom stereocenters. The average molecular weight is 272 g/mol. The molecule has 18 heavy (non-hydrogen) atoms. The Bertz CT molecular complexity index is 433. The van der Waals surface area contributed by atoms with E-state index in [-0.39, 0.29) is 18.2 Å². The third-order valence-electron chi connectivity index (χ3n) is 2.11. The number of aryl methyl sites for hydroxylation is 1. The van der Waals surface area contributed by atoms with Crippen LogP contribution in [0.4, 0.5) is 0 Å². The standard InChI is InChI=1S/C10H16N4O3S/c1-3-7-12-13-10(18-6-9(16)17)14(7)5-8(15)11-4-2/h3-6H2,1-2H3,(H,11,15)(H,16,17). The van der Waals surface area contributed by atoms with E-state index >= 15 is 0 Å². The topological polar surface area (TPSA) is 97.1 Å². The molecule has 0 aliphatic carbocycles. The molecule has 1 rings (SSSR count). The minimum absolute atomic E-state index is 0.1000. The fourth-order valence-electron chi connectivity index (χ4n) is 1.37. The highest BCUT2D eigenvalue weighted by molar-refractivity contribution is 7.99. The number of amides is 1. The predicted octanol–water partition coefficient (Wildman–Crippen LogP) is 0.153. The Morgan fingerprint density at radius 2 is 2.11 bits per heavy atom. The maximum atomic E-state index is 11.6. The highest BCUT2D eigenvalue weighted by atomic mass is 32.2. The summed E-state index contributed by atoms with van der Waals surface area (Å²) < 4.78 is 1.65. The Balaban J connectivity index is 2.81. The van der Waals surface area contributed by atoms with Gasteiger partial charge in [-0.25, -0.2) is 0 Å². The molecule has 0 saturated carbocycles. The lowest BCUT2D eigenvalue weighted by Crippen LogP contribution is -2.28. The number of hydrogen-bond acceptors (Lipinski definition) is 5. The molecule has 0 bridgehead atoms. The van der Waals surface area contributed by atoms with Gasteiger partial charge in [-0.15, -0.1) is 10.2 Å². The molecular formula is C10H16N4O3S. The van der Waals surface area contributed by atoms with Crippen LogP contribution in [0.3, 0.4) is 0 Å². The van der Waals surface area contributed by atoms with E-state index in [0.717, 1.165) is 11.8 Å². The van der Waals surface area contributed by atoms with Crippen LogP contribution in [-0.2, 0) is 22.6 Å². The summed E-state index contributed by atoms with van der Waals surface area (Å²) in [6.45, 7) is 4.42. The van der Waals surface area contributed by atoms with Crippen LogP contribution < -0.4 is 5.32 Å². The van der Waals surface area contributed by atoms with Gasteiger partial charge in [-0.3, -0.25) is 14.2 Å². The number of aliphatic carboxylic acids is 1. The van der Waals surface area contributed by atoms with Gasteiger partial charge in [0, 0.05) is 13.0 Å². The van der Waals surface area contributed by atoms with Crippen molar-refractivity contribution in [2.24, 2.45) is 0 Å². The van der Waals surface area contributed by atoms with Crippen molar-refractivity contribution in [1.82, 2.24) is 20.1 Å². The fraction of sp³-hybridized carbons (Fsp3) is 0.600. The largest absolute Gasteiger partial charge is 0.481 e. The number of rotatable bonds is 7. The van der Waals surface area contributed by atoms with Crippen molar-refractivity contribution in [1.29, 1.82) is 0 Å².